The van der Waals surface area contributed by atoms with Gasteiger partial charge in [0.05, 0.1) is 18.9 Å². The lowest BCUT2D eigenvalue weighted by molar-refractivity contribution is -0.147. The largest absolute Gasteiger partial charge is 0.466 e. The lowest BCUT2D eigenvalue weighted by atomic mass is 10.2. The van der Waals surface area contributed by atoms with Crippen LogP contribution < -0.4 is 5.32 Å². The minimum Gasteiger partial charge on any atom is -0.466 e. The van der Waals surface area contributed by atoms with E-state index in [1.807, 2.05) is 0 Å². The fraction of sp³-hybridized carbons (Fsp3) is 0.889. The Hall–Kier alpha value is -0.780. The summed E-state index contributed by atoms with van der Waals surface area (Å²) in [5.41, 5.74) is 0. The summed E-state index contributed by atoms with van der Waals surface area (Å²) in [6.45, 7) is 3.61. The van der Waals surface area contributed by atoms with E-state index in [2.05, 4.69) is 5.32 Å². The number of ether oxygens (including phenoxy) is 1. The number of rotatable bonds is 6. The molecule has 0 amide bonds. The van der Waals surface area contributed by atoms with Gasteiger partial charge in [-0.05, 0) is 6.92 Å². The molecular formula is C9H16F3NO2. The minimum absolute atomic E-state index is 0.173. The monoisotopic (exact) mass is 227 g/mol. The Morgan fingerprint density at radius 3 is 2.53 bits per heavy atom. The molecule has 6 heteroatoms. The van der Waals surface area contributed by atoms with Crippen LogP contribution in [0.3, 0.4) is 0 Å². The molecule has 0 aliphatic heterocycles. The third-order valence-corrected chi connectivity index (χ3v) is 1.72. The smallest absolute Gasteiger partial charge is 0.390 e. The maximum Gasteiger partial charge on any atom is 0.390 e. The molecule has 0 aromatic heterocycles. The molecule has 90 valence electrons. The first-order valence-electron chi connectivity index (χ1n) is 4.81. The molecule has 0 rings (SSSR count). The second kappa shape index (κ2) is 6.66. The molecule has 0 aromatic carbocycles. The summed E-state index contributed by atoms with van der Waals surface area (Å²) in [6, 6.07) is 0. The van der Waals surface area contributed by atoms with Crippen LogP contribution in [0.5, 0.6) is 0 Å². The molecule has 0 aromatic rings. The average Bonchev–Trinajstić information content (AvgIpc) is 2.11. The highest BCUT2D eigenvalue weighted by Crippen LogP contribution is 2.18. The van der Waals surface area contributed by atoms with E-state index in [1.165, 1.54) is 0 Å². The molecule has 1 atom stereocenters. The third-order valence-electron chi connectivity index (χ3n) is 1.72. The molecule has 0 aliphatic carbocycles. The van der Waals surface area contributed by atoms with E-state index in [9.17, 15) is 18.0 Å². The molecule has 3 nitrogen and oxygen atoms in total. The highest BCUT2D eigenvalue weighted by atomic mass is 19.4. The van der Waals surface area contributed by atoms with E-state index < -0.39 is 24.5 Å². The third kappa shape index (κ3) is 8.23. The fourth-order valence-electron chi connectivity index (χ4n) is 0.917. The maximum atomic E-state index is 11.7. The van der Waals surface area contributed by atoms with Gasteiger partial charge in [-0.25, -0.2) is 0 Å². The van der Waals surface area contributed by atoms with Crippen molar-refractivity contribution in [3.05, 3.63) is 0 Å². The van der Waals surface area contributed by atoms with Crippen LogP contribution in [0, 0.1) is 5.92 Å². The molecule has 1 N–H and O–H groups in total. The van der Waals surface area contributed by atoms with Gasteiger partial charge >= 0.3 is 12.1 Å². The highest BCUT2D eigenvalue weighted by Gasteiger charge is 2.26. The summed E-state index contributed by atoms with van der Waals surface area (Å²) in [5, 5.41) is 2.56. The van der Waals surface area contributed by atoms with Crippen molar-refractivity contribution in [3.8, 4) is 0 Å². The van der Waals surface area contributed by atoms with Crippen molar-refractivity contribution in [2.75, 3.05) is 19.7 Å². The Kier molecular flexibility index (Phi) is 6.31. The van der Waals surface area contributed by atoms with Gasteiger partial charge in [-0.1, -0.05) is 6.92 Å². The van der Waals surface area contributed by atoms with Crippen LogP contribution in [0.4, 0.5) is 13.2 Å². The molecule has 0 fully saturated rings. The molecule has 15 heavy (non-hydrogen) atoms. The number of carbonyl (C=O) groups excluding carboxylic acids is 1. The number of hydrogen-bond donors (Lipinski definition) is 1. The Labute approximate surface area is 87.0 Å². The molecule has 1 unspecified atom stereocenters. The molecule has 0 aliphatic rings. The summed E-state index contributed by atoms with van der Waals surface area (Å²) in [4.78, 5) is 11.0. The van der Waals surface area contributed by atoms with Crippen LogP contribution in [-0.4, -0.2) is 31.8 Å². The van der Waals surface area contributed by atoms with Gasteiger partial charge in [0, 0.05) is 13.1 Å². The SMILES string of the molecule is CCOC(=O)C(C)CNCCC(F)(F)F. The van der Waals surface area contributed by atoms with E-state index in [4.69, 9.17) is 4.74 Å². The first-order valence-corrected chi connectivity index (χ1v) is 4.81. The summed E-state index contributed by atoms with van der Waals surface area (Å²) in [6.07, 6.45) is -5.04. The van der Waals surface area contributed by atoms with E-state index in [-0.39, 0.29) is 19.7 Å². The van der Waals surface area contributed by atoms with Crippen LogP contribution in [0.25, 0.3) is 0 Å². The molecular weight excluding hydrogens is 211 g/mol. The fourth-order valence-corrected chi connectivity index (χ4v) is 0.917. The summed E-state index contributed by atoms with van der Waals surface area (Å²) in [7, 11) is 0. The van der Waals surface area contributed by atoms with Gasteiger partial charge in [0.2, 0.25) is 0 Å². The van der Waals surface area contributed by atoms with Gasteiger partial charge in [0.1, 0.15) is 0 Å². The van der Waals surface area contributed by atoms with Crippen LogP contribution in [0.15, 0.2) is 0 Å². The summed E-state index contributed by atoms with van der Waals surface area (Å²) in [5.74, 6) is -0.810. The van der Waals surface area contributed by atoms with Crippen molar-refractivity contribution < 1.29 is 22.7 Å². The van der Waals surface area contributed by atoms with Crippen molar-refractivity contribution in [1.29, 1.82) is 0 Å². The molecule has 0 spiro atoms. The number of esters is 1. The highest BCUT2D eigenvalue weighted by molar-refractivity contribution is 5.72. The Morgan fingerprint density at radius 1 is 1.47 bits per heavy atom. The normalized spacial score (nSPS) is 13.7. The van der Waals surface area contributed by atoms with Gasteiger partial charge in [0.25, 0.3) is 0 Å². The number of alkyl halides is 3. The minimum atomic E-state index is -4.15. The number of halogens is 3. The van der Waals surface area contributed by atoms with Crippen LogP contribution in [-0.2, 0) is 9.53 Å². The average molecular weight is 227 g/mol. The molecule has 0 saturated heterocycles. The van der Waals surface area contributed by atoms with Crippen molar-refractivity contribution in [2.24, 2.45) is 5.92 Å². The Morgan fingerprint density at radius 2 is 2.07 bits per heavy atom. The zero-order chi connectivity index (χ0) is 11.9. The first kappa shape index (κ1) is 14.2. The Bertz CT molecular complexity index is 194. The van der Waals surface area contributed by atoms with Gasteiger partial charge in [-0.3, -0.25) is 4.79 Å². The van der Waals surface area contributed by atoms with E-state index in [0.717, 1.165) is 0 Å². The zero-order valence-electron chi connectivity index (χ0n) is 8.86. The van der Waals surface area contributed by atoms with E-state index >= 15 is 0 Å². The summed E-state index contributed by atoms with van der Waals surface area (Å²) < 4.78 is 39.9. The lowest BCUT2D eigenvalue weighted by Crippen LogP contribution is -2.30. The van der Waals surface area contributed by atoms with Gasteiger partial charge in [-0.15, -0.1) is 0 Å². The van der Waals surface area contributed by atoms with Gasteiger partial charge in [0.15, 0.2) is 0 Å². The predicted molar refractivity (Wildman–Crippen MR) is 49.3 cm³/mol. The Balaban J connectivity index is 3.55. The topological polar surface area (TPSA) is 38.3 Å². The second-order valence-electron chi connectivity index (χ2n) is 3.22. The number of nitrogens with one attached hydrogen (secondary N) is 1. The van der Waals surface area contributed by atoms with Crippen molar-refractivity contribution in [3.63, 3.8) is 0 Å². The standard InChI is InChI=1S/C9H16F3NO2/c1-3-15-8(14)7(2)6-13-5-4-9(10,11)12/h7,13H,3-6H2,1-2H3. The zero-order valence-corrected chi connectivity index (χ0v) is 8.86. The van der Waals surface area contributed by atoms with Crippen LogP contribution in [0.1, 0.15) is 20.3 Å². The second-order valence-corrected chi connectivity index (χ2v) is 3.22. The number of carbonyl (C=O) groups is 1. The maximum absolute atomic E-state index is 11.7. The first-order chi connectivity index (χ1) is 6.87. The van der Waals surface area contributed by atoms with Crippen LogP contribution >= 0.6 is 0 Å². The van der Waals surface area contributed by atoms with E-state index in [0.29, 0.717) is 0 Å². The van der Waals surface area contributed by atoms with Gasteiger partial charge < -0.3 is 10.1 Å². The van der Waals surface area contributed by atoms with Crippen molar-refractivity contribution in [1.82, 2.24) is 5.32 Å². The van der Waals surface area contributed by atoms with E-state index in [1.54, 1.807) is 13.8 Å². The number of hydrogen-bond acceptors (Lipinski definition) is 3. The molecule has 0 saturated carbocycles. The predicted octanol–water partition coefficient (Wildman–Crippen LogP) is 1.73. The molecule has 0 bridgehead atoms. The van der Waals surface area contributed by atoms with Crippen molar-refractivity contribution >= 4 is 5.97 Å². The lowest BCUT2D eigenvalue weighted by Gasteiger charge is -2.12. The molecule has 0 radical (unpaired) electrons. The van der Waals surface area contributed by atoms with Crippen LogP contribution in [0.2, 0.25) is 0 Å². The van der Waals surface area contributed by atoms with Gasteiger partial charge in [-0.2, -0.15) is 13.2 Å². The quantitative estimate of drug-likeness (QED) is 0.554. The molecule has 0 heterocycles. The summed E-state index contributed by atoms with van der Waals surface area (Å²) >= 11 is 0. The van der Waals surface area contributed by atoms with Crippen molar-refractivity contribution in [2.45, 2.75) is 26.4 Å².